The predicted molar refractivity (Wildman–Crippen MR) is 36.3 cm³/mol. The van der Waals surface area contributed by atoms with Gasteiger partial charge in [-0.1, -0.05) is 0 Å². The maximum Gasteiger partial charge on any atom is 0.200 e. The van der Waals surface area contributed by atoms with E-state index in [4.69, 9.17) is 0 Å². The zero-order chi connectivity index (χ0) is 6.81. The van der Waals surface area contributed by atoms with E-state index in [0.717, 1.165) is 5.69 Å². The Kier molecular flexibility index (Phi) is 1.21. The van der Waals surface area contributed by atoms with Gasteiger partial charge in [-0.3, -0.25) is 5.10 Å². The number of aromatic nitrogens is 4. The minimum absolute atomic E-state index is 0.623. The van der Waals surface area contributed by atoms with Crippen molar-refractivity contribution >= 4 is 11.3 Å². The van der Waals surface area contributed by atoms with Crippen LogP contribution in [0, 0.1) is 5.51 Å². The number of H-pyrrole nitrogens is 1. The van der Waals surface area contributed by atoms with Gasteiger partial charge in [0.15, 0.2) is 11.3 Å². The molecule has 10 heavy (non-hydrogen) atoms. The number of nitrogens with one attached hydrogen (secondary N) is 1. The molecule has 0 fully saturated rings. The van der Waals surface area contributed by atoms with Crippen molar-refractivity contribution < 1.29 is 0 Å². The summed E-state index contributed by atoms with van der Waals surface area (Å²) in [6, 6.07) is 0. The van der Waals surface area contributed by atoms with Gasteiger partial charge >= 0.3 is 0 Å². The van der Waals surface area contributed by atoms with Crippen molar-refractivity contribution in [3.8, 4) is 11.5 Å². The minimum Gasteiger partial charge on any atom is -0.265 e. The van der Waals surface area contributed by atoms with Crippen LogP contribution in [-0.2, 0) is 0 Å². The van der Waals surface area contributed by atoms with Gasteiger partial charge in [0.2, 0.25) is 0 Å². The molecule has 4 nitrogen and oxygen atoms in total. The summed E-state index contributed by atoms with van der Waals surface area (Å²) in [6.07, 6.45) is 1.52. The third kappa shape index (κ3) is 0.801. The molecule has 2 aromatic heterocycles. The van der Waals surface area contributed by atoms with Gasteiger partial charge in [-0.25, -0.2) is 9.97 Å². The highest BCUT2D eigenvalue weighted by Gasteiger charge is 2.01. The number of hydrogen-bond acceptors (Lipinski definition) is 4. The molecule has 5 heteroatoms. The summed E-state index contributed by atoms with van der Waals surface area (Å²) in [5, 5.41) is 8.30. The summed E-state index contributed by atoms with van der Waals surface area (Å²) in [4.78, 5) is 7.82. The molecule has 1 radical (unpaired) electrons. The first-order valence-corrected chi connectivity index (χ1v) is 3.52. The van der Waals surface area contributed by atoms with E-state index < -0.39 is 0 Å². The standard InChI is InChI=1S/C5H3N4S/c1-4(7-3-10-1)5-6-2-8-9-5/h1-2H,(H,6,8,9). The van der Waals surface area contributed by atoms with E-state index in [1.165, 1.54) is 17.7 Å². The number of thiazole rings is 1. The first-order valence-electron chi connectivity index (χ1n) is 2.64. The van der Waals surface area contributed by atoms with E-state index in [-0.39, 0.29) is 0 Å². The molecule has 0 unspecified atom stereocenters. The van der Waals surface area contributed by atoms with Crippen molar-refractivity contribution in [3.63, 3.8) is 0 Å². The largest absolute Gasteiger partial charge is 0.265 e. The number of rotatable bonds is 1. The Bertz CT molecular complexity index is 253. The Hall–Kier alpha value is -1.23. The van der Waals surface area contributed by atoms with Crippen LogP contribution in [0.3, 0.4) is 0 Å². The van der Waals surface area contributed by atoms with Crippen LogP contribution in [0.25, 0.3) is 11.5 Å². The van der Waals surface area contributed by atoms with Crippen molar-refractivity contribution in [2.24, 2.45) is 0 Å². The summed E-state index contributed by atoms with van der Waals surface area (Å²) in [6.45, 7) is 0. The summed E-state index contributed by atoms with van der Waals surface area (Å²) in [7, 11) is 0. The molecule has 1 N–H and O–H groups in total. The van der Waals surface area contributed by atoms with Crippen LogP contribution < -0.4 is 0 Å². The average Bonchev–Trinajstić information content (AvgIpc) is 2.59. The van der Waals surface area contributed by atoms with Gasteiger partial charge in [-0.15, -0.1) is 11.3 Å². The predicted octanol–water partition coefficient (Wildman–Crippen LogP) is 0.728. The molecule has 2 heterocycles. The molecule has 0 bridgehead atoms. The smallest absolute Gasteiger partial charge is 0.200 e. The second-order valence-corrected chi connectivity index (χ2v) is 2.30. The van der Waals surface area contributed by atoms with Crippen molar-refractivity contribution in [1.29, 1.82) is 0 Å². The Labute approximate surface area is 61.0 Å². The Morgan fingerprint density at radius 3 is 3.20 bits per heavy atom. The monoisotopic (exact) mass is 151 g/mol. The van der Waals surface area contributed by atoms with E-state index >= 15 is 0 Å². The van der Waals surface area contributed by atoms with Gasteiger partial charge in [0.25, 0.3) is 0 Å². The van der Waals surface area contributed by atoms with Crippen molar-refractivity contribution in [1.82, 2.24) is 20.2 Å². The van der Waals surface area contributed by atoms with Gasteiger partial charge in [-0.05, 0) is 0 Å². The molecular weight excluding hydrogens is 148 g/mol. The lowest BCUT2D eigenvalue weighted by molar-refractivity contribution is 1.09. The van der Waals surface area contributed by atoms with Crippen LogP contribution >= 0.6 is 11.3 Å². The molecule has 0 aliphatic rings. The van der Waals surface area contributed by atoms with E-state index in [1.807, 2.05) is 5.38 Å². The first kappa shape index (κ1) is 5.55. The quantitative estimate of drug-likeness (QED) is 0.653. The summed E-state index contributed by atoms with van der Waals surface area (Å²) in [5.41, 5.74) is 3.49. The van der Waals surface area contributed by atoms with Crippen LogP contribution in [0.4, 0.5) is 0 Å². The molecular formula is C5H3N4S. The number of aromatic amines is 1. The second kappa shape index (κ2) is 2.18. The molecule has 0 aromatic carbocycles. The fourth-order valence-corrected chi connectivity index (χ4v) is 1.09. The summed E-state index contributed by atoms with van der Waals surface area (Å²) in [5.74, 6) is 0.623. The zero-order valence-corrected chi connectivity index (χ0v) is 5.72. The normalized spacial score (nSPS) is 10.0. The molecule has 0 saturated heterocycles. The number of nitrogens with zero attached hydrogens (tertiary/aromatic N) is 3. The maximum atomic E-state index is 3.92. The SMILES string of the molecule is [c]1nc(-c2nc[nH]n2)cs1. The highest BCUT2D eigenvalue weighted by atomic mass is 32.1. The van der Waals surface area contributed by atoms with E-state index in [1.54, 1.807) is 0 Å². The van der Waals surface area contributed by atoms with Gasteiger partial charge < -0.3 is 0 Å². The van der Waals surface area contributed by atoms with Gasteiger partial charge in [-0.2, -0.15) is 5.10 Å². The zero-order valence-electron chi connectivity index (χ0n) is 4.90. The average molecular weight is 151 g/mol. The van der Waals surface area contributed by atoms with Crippen molar-refractivity contribution in [2.45, 2.75) is 0 Å². The minimum atomic E-state index is 0.623. The van der Waals surface area contributed by atoms with Crippen LogP contribution in [-0.4, -0.2) is 20.2 Å². The first-order chi connectivity index (χ1) is 4.97. The summed E-state index contributed by atoms with van der Waals surface area (Å²) >= 11 is 1.41. The van der Waals surface area contributed by atoms with Gasteiger partial charge in [0.05, 0.1) is 0 Å². The molecule has 0 atom stereocenters. The lowest BCUT2D eigenvalue weighted by Crippen LogP contribution is -1.78. The molecule has 0 saturated carbocycles. The second-order valence-electron chi connectivity index (χ2n) is 1.65. The van der Waals surface area contributed by atoms with Gasteiger partial charge in [0, 0.05) is 5.38 Å². The summed E-state index contributed by atoms with van der Waals surface area (Å²) < 4.78 is 0. The molecule has 0 aliphatic carbocycles. The number of hydrogen-bond donors (Lipinski definition) is 1. The topological polar surface area (TPSA) is 54.5 Å². The lowest BCUT2D eigenvalue weighted by Gasteiger charge is -1.80. The van der Waals surface area contributed by atoms with Crippen LogP contribution in [0.2, 0.25) is 0 Å². The molecule has 0 spiro atoms. The molecule has 0 aliphatic heterocycles. The van der Waals surface area contributed by atoms with Crippen LogP contribution in [0.15, 0.2) is 11.7 Å². The maximum absolute atomic E-state index is 3.92. The Morgan fingerprint density at radius 1 is 1.60 bits per heavy atom. The fourth-order valence-electron chi connectivity index (χ4n) is 0.619. The third-order valence-electron chi connectivity index (χ3n) is 1.03. The Balaban J connectivity index is 2.48. The van der Waals surface area contributed by atoms with E-state index in [9.17, 15) is 0 Å². The highest BCUT2D eigenvalue weighted by molar-refractivity contribution is 7.07. The van der Waals surface area contributed by atoms with Crippen LogP contribution in [0.1, 0.15) is 0 Å². The molecule has 2 aromatic rings. The van der Waals surface area contributed by atoms with E-state index in [0.29, 0.717) is 5.82 Å². The van der Waals surface area contributed by atoms with Crippen LogP contribution in [0.5, 0.6) is 0 Å². The molecule has 0 amide bonds. The fraction of sp³-hybridized carbons (Fsp3) is 0. The van der Waals surface area contributed by atoms with Gasteiger partial charge in [0.1, 0.15) is 12.0 Å². The molecule has 2 rings (SSSR count). The lowest BCUT2D eigenvalue weighted by atomic mass is 10.5. The van der Waals surface area contributed by atoms with E-state index in [2.05, 4.69) is 25.7 Å². The van der Waals surface area contributed by atoms with Crippen molar-refractivity contribution in [2.75, 3.05) is 0 Å². The Morgan fingerprint density at radius 2 is 2.60 bits per heavy atom. The van der Waals surface area contributed by atoms with Crippen molar-refractivity contribution in [3.05, 3.63) is 17.2 Å². The highest BCUT2D eigenvalue weighted by Crippen LogP contribution is 2.11. The molecule has 49 valence electrons. The third-order valence-corrected chi connectivity index (χ3v) is 1.57.